The smallest absolute Gasteiger partial charge is 0.226 e. The van der Waals surface area contributed by atoms with Gasteiger partial charge in [0.15, 0.2) is 16.6 Å². The predicted molar refractivity (Wildman–Crippen MR) is 115 cm³/mol. The van der Waals surface area contributed by atoms with Crippen LogP contribution >= 0.6 is 23.1 Å². The number of aromatic nitrogens is 1. The van der Waals surface area contributed by atoms with Crippen molar-refractivity contribution in [1.82, 2.24) is 4.98 Å². The summed E-state index contributed by atoms with van der Waals surface area (Å²) < 4.78 is 10.5. The Morgan fingerprint density at radius 2 is 1.89 bits per heavy atom. The fraction of sp³-hybridized carbons (Fsp3) is 0.238. The predicted octanol–water partition coefficient (Wildman–Crippen LogP) is 5.02. The normalized spacial score (nSPS) is 10.5. The highest BCUT2D eigenvalue weighted by molar-refractivity contribution is 7.98. The molecule has 5 nitrogen and oxygen atoms in total. The summed E-state index contributed by atoms with van der Waals surface area (Å²) in [6.07, 6.45) is 0.997. The lowest BCUT2D eigenvalue weighted by atomic mass is 10.1. The van der Waals surface area contributed by atoms with Gasteiger partial charge in [-0.3, -0.25) is 4.79 Å². The lowest BCUT2D eigenvalue weighted by Gasteiger charge is -2.09. The molecule has 7 heteroatoms. The van der Waals surface area contributed by atoms with E-state index in [1.165, 1.54) is 16.2 Å². The molecule has 2 aromatic carbocycles. The minimum atomic E-state index is -0.0496. The maximum absolute atomic E-state index is 12.2. The average molecular weight is 415 g/mol. The van der Waals surface area contributed by atoms with E-state index in [2.05, 4.69) is 22.4 Å². The summed E-state index contributed by atoms with van der Waals surface area (Å²) in [5.74, 6) is 2.08. The summed E-state index contributed by atoms with van der Waals surface area (Å²) in [5, 5.41) is 5.51. The first-order valence-electron chi connectivity index (χ1n) is 8.81. The highest BCUT2D eigenvalue weighted by Gasteiger charge is 2.09. The molecule has 0 spiro atoms. The van der Waals surface area contributed by atoms with Gasteiger partial charge in [-0.25, -0.2) is 4.98 Å². The lowest BCUT2D eigenvalue weighted by molar-refractivity contribution is -0.116. The third-order valence-electron chi connectivity index (χ3n) is 4.02. The number of carbonyl (C=O) groups excluding carboxylic acids is 1. The summed E-state index contributed by atoms with van der Waals surface area (Å²) in [6.45, 7) is 0. The number of benzene rings is 2. The van der Waals surface area contributed by atoms with Gasteiger partial charge in [-0.2, -0.15) is 0 Å². The number of nitrogens with one attached hydrogen (secondary N) is 1. The quantitative estimate of drug-likeness (QED) is 0.498. The number of ether oxygens (including phenoxy) is 2. The minimum absolute atomic E-state index is 0.0496. The number of aryl methyl sites for hydroxylation is 1. The molecule has 0 saturated heterocycles. The number of methoxy groups -OCH3 is 2. The molecular weight excluding hydrogens is 392 g/mol. The number of nitrogens with zero attached hydrogens (tertiary/aromatic N) is 1. The van der Waals surface area contributed by atoms with E-state index in [1.54, 1.807) is 26.0 Å². The molecule has 1 aromatic heterocycles. The van der Waals surface area contributed by atoms with E-state index < -0.39 is 0 Å². The fourth-order valence-corrected chi connectivity index (χ4v) is 4.22. The van der Waals surface area contributed by atoms with Crippen molar-refractivity contribution in [1.29, 1.82) is 0 Å². The molecule has 1 heterocycles. The Morgan fingerprint density at radius 1 is 1.11 bits per heavy atom. The van der Waals surface area contributed by atoms with Crippen molar-refractivity contribution in [2.45, 2.75) is 23.5 Å². The second-order valence-electron chi connectivity index (χ2n) is 5.98. The van der Waals surface area contributed by atoms with Gasteiger partial charge in [-0.15, -0.1) is 23.1 Å². The largest absolute Gasteiger partial charge is 0.493 e. The van der Waals surface area contributed by atoms with Crippen molar-refractivity contribution in [3.63, 3.8) is 0 Å². The van der Waals surface area contributed by atoms with Crippen molar-refractivity contribution in [2.75, 3.05) is 19.5 Å². The highest BCUT2D eigenvalue weighted by atomic mass is 32.2. The molecule has 0 radical (unpaired) electrons. The van der Waals surface area contributed by atoms with Gasteiger partial charge in [0.25, 0.3) is 0 Å². The van der Waals surface area contributed by atoms with Crippen LogP contribution in [0.2, 0.25) is 0 Å². The number of hydrogen-bond acceptors (Lipinski definition) is 6. The van der Waals surface area contributed by atoms with E-state index >= 15 is 0 Å². The highest BCUT2D eigenvalue weighted by Crippen LogP contribution is 2.28. The fourth-order valence-electron chi connectivity index (χ4n) is 2.58. The number of hydrogen-bond donors (Lipinski definition) is 1. The molecule has 3 aromatic rings. The van der Waals surface area contributed by atoms with Crippen LogP contribution in [0, 0.1) is 0 Å². The zero-order chi connectivity index (χ0) is 19.8. The molecule has 28 heavy (non-hydrogen) atoms. The second kappa shape index (κ2) is 10.1. The van der Waals surface area contributed by atoms with Crippen molar-refractivity contribution < 1.29 is 14.3 Å². The van der Waals surface area contributed by atoms with Crippen LogP contribution in [-0.2, 0) is 17.0 Å². The monoisotopic (exact) mass is 414 g/mol. The molecule has 0 unspecified atom stereocenters. The molecule has 0 aliphatic carbocycles. The molecule has 0 aliphatic rings. The number of amides is 1. The Kier molecular flexibility index (Phi) is 7.33. The van der Waals surface area contributed by atoms with Gasteiger partial charge in [0.1, 0.15) is 0 Å². The first kappa shape index (κ1) is 20.2. The van der Waals surface area contributed by atoms with Crippen LogP contribution in [-0.4, -0.2) is 25.1 Å². The van der Waals surface area contributed by atoms with Crippen LogP contribution < -0.4 is 14.8 Å². The molecule has 1 N–H and O–H groups in total. The van der Waals surface area contributed by atoms with Crippen molar-refractivity contribution in [2.24, 2.45) is 0 Å². The van der Waals surface area contributed by atoms with Crippen LogP contribution in [0.25, 0.3) is 0 Å². The van der Waals surface area contributed by atoms with Gasteiger partial charge in [-0.1, -0.05) is 24.3 Å². The summed E-state index contributed by atoms with van der Waals surface area (Å²) >= 11 is 3.18. The number of carbonyl (C=O) groups is 1. The Hall–Kier alpha value is -2.51. The Bertz CT molecular complexity index is 913. The zero-order valence-corrected chi connectivity index (χ0v) is 17.4. The van der Waals surface area contributed by atoms with Crippen LogP contribution in [0.1, 0.15) is 17.7 Å². The standard InChI is InChI=1S/C21H22N2O3S2/c1-25-18-10-8-15(12-19(18)26-2)9-11-20(24)23-21-22-16(14-28-21)13-27-17-6-4-3-5-7-17/h3-8,10,12,14H,9,11,13H2,1-2H3,(H,22,23,24). The van der Waals surface area contributed by atoms with E-state index in [1.807, 2.05) is 41.8 Å². The molecule has 3 rings (SSSR count). The zero-order valence-electron chi connectivity index (χ0n) is 15.8. The van der Waals surface area contributed by atoms with E-state index in [0.29, 0.717) is 29.5 Å². The number of thioether (sulfide) groups is 1. The molecule has 0 fully saturated rings. The van der Waals surface area contributed by atoms with Crippen molar-refractivity contribution in [3.05, 3.63) is 65.2 Å². The topological polar surface area (TPSA) is 60.5 Å². The Labute approximate surface area is 173 Å². The lowest BCUT2D eigenvalue weighted by Crippen LogP contribution is -2.12. The molecule has 0 aliphatic heterocycles. The van der Waals surface area contributed by atoms with Gasteiger partial charge in [0.2, 0.25) is 5.91 Å². The van der Waals surface area contributed by atoms with Crippen molar-refractivity contribution in [3.8, 4) is 11.5 Å². The van der Waals surface area contributed by atoms with Crippen LogP contribution in [0.15, 0.2) is 58.8 Å². The summed E-state index contributed by atoms with van der Waals surface area (Å²) in [5.41, 5.74) is 1.99. The van der Waals surface area contributed by atoms with Crippen molar-refractivity contribution >= 4 is 34.1 Å². The molecule has 0 bridgehead atoms. The third kappa shape index (κ3) is 5.74. The third-order valence-corrected chi connectivity index (χ3v) is 5.87. The number of thiazole rings is 1. The molecule has 0 atom stereocenters. The first-order valence-corrected chi connectivity index (χ1v) is 10.7. The minimum Gasteiger partial charge on any atom is -0.493 e. The molecule has 146 valence electrons. The summed E-state index contributed by atoms with van der Waals surface area (Å²) in [4.78, 5) is 18.0. The Morgan fingerprint density at radius 3 is 2.64 bits per heavy atom. The van der Waals surface area contributed by atoms with E-state index in [0.717, 1.165) is 17.0 Å². The van der Waals surface area contributed by atoms with Gasteiger partial charge in [0.05, 0.1) is 19.9 Å². The summed E-state index contributed by atoms with van der Waals surface area (Å²) in [6, 6.07) is 15.9. The Balaban J connectivity index is 1.48. The van der Waals surface area contributed by atoms with E-state index in [4.69, 9.17) is 9.47 Å². The van der Waals surface area contributed by atoms with Crippen LogP contribution in [0.4, 0.5) is 5.13 Å². The maximum atomic E-state index is 12.2. The first-order chi connectivity index (χ1) is 13.7. The van der Waals surface area contributed by atoms with E-state index in [9.17, 15) is 4.79 Å². The number of anilines is 1. The molecule has 0 saturated carbocycles. The van der Waals surface area contributed by atoms with Gasteiger partial charge >= 0.3 is 0 Å². The molecule has 1 amide bonds. The van der Waals surface area contributed by atoms with Crippen LogP contribution in [0.3, 0.4) is 0 Å². The number of rotatable bonds is 9. The molecular formula is C21H22N2O3S2. The average Bonchev–Trinajstić information content (AvgIpc) is 3.18. The summed E-state index contributed by atoms with van der Waals surface area (Å²) in [7, 11) is 3.20. The second-order valence-corrected chi connectivity index (χ2v) is 7.89. The van der Waals surface area contributed by atoms with Crippen LogP contribution in [0.5, 0.6) is 11.5 Å². The van der Waals surface area contributed by atoms with Gasteiger partial charge in [0, 0.05) is 22.4 Å². The maximum Gasteiger partial charge on any atom is 0.226 e. The van der Waals surface area contributed by atoms with Gasteiger partial charge in [-0.05, 0) is 36.2 Å². The van der Waals surface area contributed by atoms with Gasteiger partial charge < -0.3 is 14.8 Å². The van der Waals surface area contributed by atoms with E-state index in [-0.39, 0.29) is 5.91 Å². The SMILES string of the molecule is COc1ccc(CCC(=O)Nc2nc(CSc3ccccc3)cs2)cc1OC.